The number of aliphatic carboxylic acids is 1. The molecule has 228 valence electrons. The van der Waals surface area contributed by atoms with Crippen LogP contribution in [0.2, 0.25) is 0 Å². The number of halogens is 6. The molecule has 0 saturated heterocycles. The molecule has 2 amide bonds. The Morgan fingerprint density at radius 1 is 0.952 bits per heavy atom. The van der Waals surface area contributed by atoms with Crippen LogP contribution in [0.4, 0.5) is 32.0 Å². The smallest absolute Gasteiger partial charge is 0.390 e. The molecule has 0 unspecified atom stereocenters. The van der Waals surface area contributed by atoms with Crippen LogP contribution in [0.3, 0.4) is 0 Å². The average Bonchev–Trinajstić information content (AvgIpc) is 2.97. The van der Waals surface area contributed by atoms with E-state index < -0.39 is 72.3 Å². The van der Waals surface area contributed by atoms with Crippen molar-refractivity contribution in [2.24, 2.45) is 21.7 Å². The SMILES string of the molecule is CN1C(=O)[C@@H](NC(=O)[C@H](CCC(F)(F)F)[C@](CC(F)(F)F)(C(=O)O)C(C)(C)C)N=C(c2ccccc2)c2ccccc21. The molecule has 0 bridgehead atoms. The number of fused-ring (bicyclic) bond motifs is 1. The summed E-state index contributed by atoms with van der Waals surface area (Å²) < 4.78 is 81.6. The highest BCUT2D eigenvalue weighted by Gasteiger charge is 2.61. The number of anilines is 1. The zero-order chi connectivity index (χ0) is 31.7. The van der Waals surface area contributed by atoms with Gasteiger partial charge in [-0.3, -0.25) is 14.4 Å². The number of amides is 2. The highest BCUT2D eigenvalue weighted by molar-refractivity contribution is 6.20. The van der Waals surface area contributed by atoms with Crippen molar-refractivity contribution in [2.75, 3.05) is 11.9 Å². The Kier molecular flexibility index (Phi) is 9.14. The monoisotopic (exact) mass is 599 g/mol. The summed E-state index contributed by atoms with van der Waals surface area (Å²) in [6, 6.07) is 15.1. The van der Waals surface area contributed by atoms with Gasteiger partial charge in [0.1, 0.15) is 0 Å². The van der Waals surface area contributed by atoms with Crippen LogP contribution >= 0.6 is 0 Å². The van der Waals surface area contributed by atoms with Gasteiger partial charge in [0.15, 0.2) is 0 Å². The van der Waals surface area contributed by atoms with Gasteiger partial charge in [0.05, 0.1) is 29.2 Å². The normalized spacial score (nSPS) is 18.3. The van der Waals surface area contributed by atoms with E-state index in [4.69, 9.17) is 0 Å². The number of rotatable bonds is 8. The summed E-state index contributed by atoms with van der Waals surface area (Å²) in [5, 5.41) is 12.4. The first kappa shape index (κ1) is 32.6. The Hall–Kier alpha value is -3.90. The Morgan fingerprint density at radius 2 is 1.52 bits per heavy atom. The van der Waals surface area contributed by atoms with Crippen molar-refractivity contribution in [2.45, 2.75) is 58.6 Å². The molecule has 1 aliphatic rings. The van der Waals surface area contributed by atoms with Crippen molar-refractivity contribution in [3.05, 3.63) is 65.7 Å². The molecule has 13 heteroatoms. The maximum absolute atomic E-state index is 13.9. The number of aliphatic imine (C=N–C) groups is 1. The van der Waals surface area contributed by atoms with Crippen molar-refractivity contribution in [3.63, 3.8) is 0 Å². The molecule has 1 heterocycles. The van der Waals surface area contributed by atoms with E-state index in [2.05, 4.69) is 10.3 Å². The van der Waals surface area contributed by atoms with Crippen LogP contribution in [0.25, 0.3) is 0 Å². The van der Waals surface area contributed by atoms with Gasteiger partial charge in [-0.15, -0.1) is 0 Å². The predicted octanol–water partition coefficient (Wildman–Crippen LogP) is 5.97. The van der Waals surface area contributed by atoms with E-state index >= 15 is 0 Å². The zero-order valence-corrected chi connectivity index (χ0v) is 23.3. The molecule has 0 radical (unpaired) electrons. The largest absolute Gasteiger partial charge is 0.481 e. The van der Waals surface area contributed by atoms with Crippen molar-refractivity contribution in [3.8, 4) is 0 Å². The number of carboxylic acid groups (broad SMARTS) is 1. The number of alkyl halides is 6. The van der Waals surface area contributed by atoms with Gasteiger partial charge >= 0.3 is 18.3 Å². The third-order valence-electron chi connectivity index (χ3n) is 7.50. The second-order valence-electron chi connectivity index (χ2n) is 11.2. The van der Waals surface area contributed by atoms with E-state index in [1.807, 2.05) is 0 Å². The number of para-hydroxylation sites is 1. The van der Waals surface area contributed by atoms with Crippen LogP contribution in [-0.4, -0.2) is 54.2 Å². The number of carbonyl (C=O) groups excluding carboxylic acids is 2. The Balaban J connectivity index is 2.18. The van der Waals surface area contributed by atoms with Gasteiger partial charge < -0.3 is 15.3 Å². The number of likely N-dealkylation sites (N-methyl/N-ethyl adjacent to an activating group) is 1. The van der Waals surface area contributed by atoms with Crippen molar-refractivity contribution < 1.29 is 45.8 Å². The van der Waals surface area contributed by atoms with Crippen molar-refractivity contribution in [1.29, 1.82) is 0 Å². The number of nitrogens with one attached hydrogen (secondary N) is 1. The molecule has 0 saturated carbocycles. The van der Waals surface area contributed by atoms with Crippen LogP contribution in [0.5, 0.6) is 0 Å². The zero-order valence-electron chi connectivity index (χ0n) is 23.3. The van der Waals surface area contributed by atoms with E-state index in [9.17, 15) is 45.8 Å². The Labute approximate surface area is 238 Å². The highest BCUT2D eigenvalue weighted by Crippen LogP contribution is 2.54. The van der Waals surface area contributed by atoms with Gasteiger partial charge in [-0.05, 0) is 17.9 Å². The molecule has 3 rings (SSSR count). The maximum atomic E-state index is 13.9. The van der Waals surface area contributed by atoms with Crippen LogP contribution in [0, 0.1) is 16.7 Å². The summed E-state index contributed by atoms with van der Waals surface area (Å²) in [4.78, 5) is 45.4. The molecule has 1 aliphatic heterocycles. The quantitative estimate of drug-likeness (QED) is 0.366. The molecule has 2 N–H and O–H groups in total. The van der Waals surface area contributed by atoms with E-state index in [0.717, 1.165) is 25.7 Å². The molecule has 42 heavy (non-hydrogen) atoms. The first-order valence-electron chi connectivity index (χ1n) is 13.0. The minimum Gasteiger partial charge on any atom is -0.481 e. The van der Waals surface area contributed by atoms with E-state index in [0.29, 0.717) is 16.8 Å². The summed E-state index contributed by atoms with van der Waals surface area (Å²) in [5.41, 5.74) is -3.24. The highest BCUT2D eigenvalue weighted by atomic mass is 19.4. The average molecular weight is 600 g/mol. The summed E-state index contributed by atoms with van der Waals surface area (Å²) in [5.74, 6) is -6.71. The molecule has 2 aromatic rings. The molecule has 0 fully saturated rings. The lowest BCUT2D eigenvalue weighted by Gasteiger charge is -2.46. The molecule has 0 aromatic heterocycles. The number of carbonyl (C=O) groups is 3. The third-order valence-corrected chi connectivity index (χ3v) is 7.50. The van der Waals surface area contributed by atoms with E-state index in [1.54, 1.807) is 54.6 Å². The molecule has 0 aliphatic carbocycles. The standard InChI is InChI=1S/C29H31F6N3O4/c1-26(2,3)27(25(41)42,16-29(33,34)35)19(14-15-28(30,31)32)23(39)37-22-24(40)38(4)20-13-9-8-12-18(20)21(36-22)17-10-6-5-7-11-17/h5-13,19,22H,14-16H2,1-4H3,(H,37,39)(H,41,42)/t19-,22+,27+/m0/s1. The molecular weight excluding hydrogens is 568 g/mol. The van der Waals surface area contributed by atoms with E-state index in [-0.39, 0.29) is 5.71 Å². The second kappa shape index (κ2) is 11.8. The van der Waals surface area contributed by atoms with Gasteiger partial charge in [0, 0.05) is 24.6 Å². The van der Waals surface area contributed by atoms with Gasteiger partial charge in [-0.25, -0.2) is 4.99 Å². The number of benzene rings is 2. The molecule has 2 aromatic carbocycles. The lowest BCUT2D eigenvalue weighted by Crippen LogP contribution is -2.58. The summed E-state index contributed by atoms with van der Waals surface area (Å²) >= 11 is 0. The Bertz CT molecular complexity index is 1350. The fourth-order valence-electron chi connectivity index (χ4n) is 5.36. The molecular formula is C29H31F6N3O4. The van der Waals surface area contributed by atoms with E-state index in [1.165, 1.54) is 7.05 Å². The predicted molar refractivity (Wildman–Crippen MR) is 143 cm³/mol. The number of carboxylic acids is 1. The molecule has 0 spiro atoms. The van der Waals surface area contributed by atoms with Crippen LogP contribution in [-0.2, 0) is 14.4 Å². The van der Waals surface area contributed by atoms with Gasteiger partial charge in [0.2, 0.25) is 12.1 Å². The lowest BCUT2D eigenvalue weighted by molar-refractivity contribution is -0.206. The maximum Gasteiger partial charge on any atom is 0.390 e. The third kappa shape index (κ3) is 6.93. The summed E-state index contributed by atoms with van der Waals surface area (Å²) in [6.07, 6.45) is -16.9. The fourth-order valence-corrected chi connectivity index (χ4v) is 5.36. The van der Waals surface area contributed by atoms with Gasteiger partial charge in [-0.1, -0.05) is 69.3 Å². The van der Waals surface area contributed by atoms with Gasteiger partial charge in [-0.2, -0.15) is 26.3 Å². The fraction of sp³-hybridized carbons (Fsp3) is 0.448. The molecule has 3 atom stereocenters. The van der Waals surface area contributed by atoms with Crippen LogP contribution in [0.15, 0.2) is 59.6 Å². The summed E-state index contributed by atoms with van der Waals surface area (Å²) in [7, 11) is 1.38. The van der Waals surface area contributed by atoms with Crippen LogP contribution < -0.4 is 10.2 Å². The number of hydrogen-bond acceptors (Lipinski definition) is 4. The van der Waals surface area contributed by atoms with Crippen molar-refractivity contribution in [1.82, 2.24) is 5.32 Å². The minimum absolute atomic E-state index is 0.233. The van der Waals surface area contributed by atoms with Crippen LogP contribution in [0.1, 0.15) is 51.2 Å². The number of nitrogens with zero attached hydrogens (tertiary/aromatic N) is 2. The first-order valence-corrected chi connectivity index (χ1v) is 13.0. The van der Waals surface area contributed by atoms with Gasteiger partial charge in [0.25, 0.3) is 5.91 Å². The molecule has 7 nitrogen and oxygen atoms in total. The summed E-state index contributed by atoms with van der Waals surface area (Å²) in [6.45, 7) is 3.36. The topological polar surface area (TPSA) is 99.1 Å². The number of hydrogen-bond donors (Lipinski definition) is 2. The minimum atomic E-state index is -5.15. The second-order valence-corrected chi connectivity index (χ2v) is 11.2. The van der Waals surface area contributed by atoms with Crippen molar-refractivity contribution >= 4 is 29.2 Å². The number of benzodiazepines with no additional fused rings is 1. The Morgan fingerprint density at radius 3 is 2.05 bits per heavy atom. The lowest BCUT2D eigenvalue weighted by atomic mass is 9.56. The first-order chi connectivity index (χ1) is 19.3.